The zero-order chi connectivity index (χ0) is 18.2. The summed E-state index contributed by atoms with van der Waals surface area (Å²) >= 11 is 1.52. The van der Waals surface area contributed by atoms with Crippen LogP contribution >= 0.6 is 11.3 Å². The highest BCUT2D eigenvalue weighted by Gasteiger charge is 2.11. The topological polar surface area (TPSA) is 57.7 Å². The number of para-hydroxylation sites is 1. The van der Waals surface area contributed by atoms with Crippen molar-refractivity contribution < 1.29 is 19.0 Å². The first-order valence-electron chi connectivity index (χ1n) is 8.24. The van der Waals surface area contributed by atoms with Crippen LogP contribution in [0.2, 0.25) is 0 Å². The summed E-state index contributed by atoms with van der Waals surface area (Å²) in [4.78, 5) is 16.5. The molecule has 0 radical (unpaired) electrons. The second-order valence-corrected chi connectivity index (χ2v) is 6.13. The van der Waals surface area contributed by atoms with Crippen molar-refractivity contribution >= 4 is 17.3 Å². The Bertz CT molecular complexity index is 849. The van der Waals surface area contributed by atoms with E-state index in [0.717, 1.165) is 17.0 Å². The maximum absolute atomic E-state index is 12.3. The number of esters is 1. The molecule has 6 heteroatoms. The molecule has 3 aromatic rings. The van der Waals surface area contributed by atoms with E-state index in [-0.39, 0.29) is 6.61 Å². The zero-order valence-corrected chi connectivity index (χ0v) is 15.2. The minimum Gasteiger partial charge on any atom is -0.493 e. The fourth-order valence-electron chi connectivity index (χ4n) is 2.32. The smallest absolute Gasteiger partial charge is 0.338 e. The monoisotopic (exact) mass is 369 g/mol. The quantitative estimate of drug-likeness (QED) is 0.548. The van der Waals surface area contributed by atoms with Crippen molar-refractivity contribution in [3.63, 3.8) is 0 Å². The standard InChI is InChI=1S/C20H19NO4S/c1-2-23-19-9-4-3-6-16(19)11-25-20(22)15-7-5-8-18(10-15)24-12-17-13-26-14-21-17/h3-10,13-14H,2,11-12H2,1H3. The fraction of sp³-hybridized carbons (Fsp3) is 0.200. The van der Waals surface area contributed by atoms with E-state index in [1.807, 2.05) is 36.6 Å². The number of nitrogens with zero attached hydrogens (tertiary/aromatic N) is 1. The number of carbonyl (C=O) groups excluding carboxylic acids is 1. The molecule has 134 valence electrons. The number of aromatic nitrogens is 1. The van der Waals surface area contributed by atoms with Gasteiger partial charge in [0, 0.05) is 10.9 Å². The number of carbonyl (C=O) groups is 1. The van der Waals surface area contributed by atoms with Gasteiger partial charge in [-0.25, -0.2) is 9.78 Å². The van der Waals surface area contributed by atoms with Gasteiger partial charge in [0.15, 0.2) is 0 Å². The Morgan fingerprint density at radius 3 is 2.77 bits per heavy atom. The first kappa shape index (κ1) is 17.9. The van der Waals surface area contributed by atoms with Gasteiger partial charge in [-0.2, -0.15) is 0 Å². The van der Waals surface area contributed by atoms with Crippen molar-refractivity contribution in [2.45, 2.75) is 20.1 Å². The second kappa shape index (κ2) is 9.01. The average molecular weight is 369 g/mol. The van der Waals surface area contributed by atoms with Crippen LogP contribution in [0.5, 0.6) is 11.5 Å². The lowest BCUT2D eigenvalue weighted by atomic mass is 10.2. The number of ether oxygens (including phenoxy) is 3. The maximum Gasteiger partial charge on any atom is 0.338 e. The molecule has 0 fully saturated rings. The predicted octanol–water partition coefficient (Wildman–Crippen LogP) is 4.48. The molecule has 0 saturated heterocycles. The van der Waals surface area contributed by atoms with E-state index in [1.165, 1.54) is 11.3 Å². The summed E-state index contributed by atoms with van der Waals surface area (Å²) in [6.07, 6.45) is 0. The number of hydrogen-bond acceptors (Lipinski definition) is 6. The molecular weight excluding hydrogens is 350 g/mol. The van der Waals surface area contributed by atoms with Gasteiger partial charge in [-0.1, -0.05) is 24.3 Å². The van der Waals surface area contributed by atoms with Gasteiger partial charge < -0.3 is 14.2 Å². The van der Waals surface area contributed by atoms with Gasteiger partial charge in [0.1, 0.15) is 24.7 Å². The number of thiazole rings is 1. The molecule has 3 rings (SSSR count). The zero-order valence-electron chi connectivity index (χ0n) is 14.4. The van der Waals surface area contributed by atoms with Crippen LogP contribution in [0.25, 0.3) is 0 Å². The Balaban J connectivity index is 1.60. The van der Waals surface area contributed by atoms with Crippen LogP contribution in [0, 0.1) is 0 Å². The average Bonchev–Trinajstić information content (AvgIpc) is 3.19. The molecule has 2 aromatic carbocycles. The Labute approximate surface area is 156 Å². The minimum atomic E-state index is -0.407. The molecular formula is C20H19NO4S. The Morgan fingerprint density at radius 1 is 1.08 bits per heavy atom. The normalized spacial score (nSPS) is 10.3. The summed E-state index contributed by atoms with van der Waals surface area (Å²) in [6, 6.07) is 14.5. The molecule has 0 spiro atoms. The molecule has 0 aliphatic rings. The molecule has 0 atom stereocenters. The molecule has 0 amide bonds. The SMILES string of the molecule is CCOc1ccccc1COC(=O)c1cccc(OCc2cscn2)c1. The Hall–Kier alpha value is -2.86. The second-order valence-electron chi connectivity index (χ2n) is 5.41. The summed E-state index contributed by atoms with van der Waals surface area (Å²) in [7, 11) is 0. The van der Waals surface area contributed by atoms with E-state index < -0.39 is 5.97 Å². The molecule has 1 heterocycles. The third-order valence-corrected chi connectivity index (χ3v) is 4.21. The number of hydrogen-bond donors (Lipinski definition) is 0. The van der Waals surface area contributed by atoms with Crippen LogP contribution in [-0.2, 0) is 18.0 Å². The van der Waals surface area contributed by atoms with Crippen molar-refractivity contribution in [2.75, 3.05) is 6.61 Å². The lowest BCUT2D eigenvalue weighted by Crippen LogP contribution is -2.07. The van der Waals surface area contributed by atoms with Crippen LogP contribution < -0.4 is 9.47 Å². The maximum atomic E-state index is 12.3. The van der Waals surface area contributed by atoms with E-state index in [1.54, 1.807) is 29.8 Å². The van der Waals surface area contributed by atoms with Crippen molar-refractivity contribution in [3.8, 4) is 11.5 Å². The Morgan fingerprint density at radius 2 is 1.96 bits per heavy atom. The first-order chi connectivity index (χ1) is 12.8. The molecule has 0 unspecified atom stereocenters. The highest BCUT2D eigenvalue weighted by Crippen LogP contribution is 2.20. The van der Waals surface area contributed by atoms with Gasteiger partial charge in [-0.15, -0.1) is 11.3 Å². The largest absolute Gasteiger partial charge is 0.493 e. The van der Waals surface area contributed by atoms with Gasteiger partial charge in [0.25, 0.3) is 0 Å². The number of rotatable bonds is 8. The lowest BCUT2D eigenvalue weighted by Gasteiger charge is -2.11. The molecule has 0 bridgehead atoms. The van der Waals surface area contributed by atoms with Crippen LogP contribution in [-0.4, -0.2) is 17.6 Å². The van der Waals surface area contributed by atoms with Gasteiger partial charge >= 0.3 is 5.97 Å². The molecule has 0 saturated carbocycles. The summed E-state index contributed by atoms with van der Waals surface area (Å²) in [5, 5.41) is 1.92. The fourth-order valence-corrected chi connectivity index (χ4v) is 2.87. The first-order valence-corrected chi connectivity index (χ1v) is 9.18. The third kappa shape index (κ3) is 4.83. The summed E-state index contributed by atoms with van der Waals surface area (Å²) in [5.74, 6) is 0.917. The van der Waals surface area contributed by atoms with Crippen molar-refractivity contribution in [1.82, 2.24) is 4.98 Å². The summed E-state index contributed by atoms with van der Waals surface area (Å²) in [5.41, 5.74) is 3.89. The van der Waals surface area contributed by atoms with Crippen molar-refractivity contribution in [2.24, 2.45) is 0 Å². The van der Waals surface area contributed by atoms with Crippen LogP contribution in [0.15, 0.2) is 59.4 Å². The molecule has 0 aliphatic heterocycles. The minimum absolute atomic E-state index is 0.152. The molecule has 0 aliphatic carbocycles. The van der Waals surface area contributed by atoms with Crippen LogP contribution in [0.3, 0.4) is 0 Å². The number of benzene rings is 2. The van der Waals surface area contributed by atoms with E-state index in [0.29, 0.717) is 24.5 Å². The third-order valence-electron chi connectivity index (χ3n) is 3.57. The van der Waals surface area contributed by atoms with Crippen molar-refractivity contribution in [1.29, 1.82) is 0 Å². The highest BCUT2D eigenvalue weighted by molar-refractivity contribution is 7.07. The van der Waals surface area contributed by atoms with E-state index in [2.05, 4.69) is 4.98 Å². The highest BCUT2D eigenvalue weighted by atomic mass is 32.1. The lowest BCUT2D eigenvalue weighted by molar-refractivity contribution is 0.0469. The molecule has 5 nitrogen and oxygen atoms in total. The van der Waals surface area contributed by atoms with Crippen molar-refractivity contribution in [3.05, 3.63) is 76.2 Å². The molecule has 26 heavy (non-hydrogen) atoms. The predicted molar refractivity (Wildman–Crippen MR) is 99.6 cm³/mol. The summed E-state index contributed by atoms with van der Waals surface area (Å²) in [6.45, 7) is 2.99. The van der Waals surface area contributed by atoms with Gasteiger partial charge in [-0.3, -0.25) is 0 Å². The molecule has 1 aromatic heterocycles. The van der Waals surface area contributed by atoms with Crippen LogP contribution in [0.1, 0.15) is 28.5 Å². The van der Waals surface area contributed by atoms with Gasteiger partial charge in [0.05, 0.1) is 23.4 Å². The van der Waals surface area contributed by atoms with E-state index in [9.17, 15) is 4.79 Å². The van der Waals surface area contributed by atoms with Gasteiger partial charge in [-0.05, 0) is 31.2 Å². The Kier molecular flexibility index (Phi) is 6.22. The summed E-state index contributed by atoms with van der Waals surface area (Å²) < 4.78 is 16.6. The molecule has 0 N–H and O–H groups in total. The van der Waals surface area contributed by atoms with Crippen LogP contribution in [0.4, 0.5) is 0 Å². The van der Waals surface area contributed by atoms with Gasteiger partial charge in [0.2, 0.25) is 0 Å². The van der Waals surface area contributed by atoms with E-state index in [4.69, 9.17) is 14.2 Å². The van der Waals surface area contributed by atoms with E-state index >= 15 is 0 Å².